The van der Waals surface area contributed by atoms with Crippen molar-refractivity contribution in [2.45, 2.75) is 13.1 Å². The van der Waals surface area contributed by atoms with Crippen molar-refractivity contribution < 1.29 is 18.0 Å². The molecule has 0 bridgehead atoms. The maximum atomic E-state index is 12.8. The number of benzene rings is 1. The lowest BCUT2D eigenvalue weighted by atomic mass is 10.1. The van der Waals surface area contributed by atoms with Crippen LogP contribution >= 0.6 is 0 Å². The van der Waals surface area contributed by atoms with Crippen LogP contribution in [0.1, 0.15) is 12.5 Å². The number of nitrogens with one attached hydrogen (secondary N) is 2. The van der Waals surface area contributed by atoms with Gasteiger partial charge in [0.25, 0.3) is 0 Å². The second-order valence-corrected chi connectivity index (χ2v) is 5.07. The second-order valence-electron chi connectivity index (χ2n) is 5.07. The van der Waals surface area contributed by atoms with Crippen LogP contribution in [0.3, 0.4) is 0 Å². The molecular formula is C14H20F3N3O. The molecular weight excluding hydrogens is 283 g/mol. The molecule has 0 radical (unpaired) electrons. The van der Waals surface area contributed by atoms with Gasteiger partial charge in [-0.05, 0) is 25.2 Å². The molecule has 0 saturated heterocycles. The Morgan fingerprint density at radius 2 is 1.95 bits per heavy atom. The van der Waals surface area contributed by atoms with Gasteiger partial charge in [0, 0.05) is 26.6 Å². The molecule has 118 valence electrons. The zero-order valence-electron chi connectivity index (χ0n) is 12.5. The van der Waals surface area contributed by atoms with Gasteiger partial charge in [0.1, 0.15) is 0 Å². The first-order chi connectivity index (χ1) is 9.66. The number of rotatable bonds is 5. The Balaban J connectivity index is 3.10. The Bertz CT molecular complexity index is 501. The third kappa shape index (κ3) is 4.63. The summed E-state index contributed by atoms with van der Waals surface area (Å²) in [4.78, 5) is 13.6. The summed E-state index contributed by atoms with van der Waals surface area (Å²) in [6.07, 6.45) is -4.44. The fraction of sp³-hybridized carbons (Fsp3) is 0.500. The molecule has 1 unspecified atom stereocenters. The topological polar surface area (TPSA) is 44.4 Å². The molecule has 0 heterocycles. The van der Waals surface area contributed by atoms with Crippen LogP contribution in [0.4, 0.5) is 24.5 Å². The minimum Gasteiger partial charge on any atom is -0.376 e. The van der Waals surface area contributed by atoms with Gasteiger partial charge in [-0.1, -0.05) is 6.92 Å². The molecule has 0 aromatic heterocycles. The van der Waals surface area contributed by atoms with E-state index in [1.165, 1.54) is 6.07 Å². The number of halogens is 3. The van der Waals surface area contributed by atoms with E-state index >= 15 is 0 Å². The zero-order valence-corrected chi connectivity index (χ0v) is 12.5. The molecule has 7 heteroatoms. The SMILES string of the molecule is CNCC(C)C(=O)Nc1cc(C(F)(F)F)ccc1N(C)C. The molecule has 21 heavy (non-hydrogen) atoms. The van der Waals surface area contributed by atoms with Crippen LogP contribution in [-0.2, 0) is 11.0 Å². The number of anilines is 2. The van der Waals surface area contributed by atoms with E-state index < -0.39 is 11.7 Å². The van der Waals surface area contributed by atoms with E-state index in [-0.39, 0.29) is 17.5 Å². The van der Waals surface area contributed by atoms with E-state index in [4.69, 9.17) is 0 Å². The van der Waals surface area contributed by atoms with Crippen molar-refractivity contribution in [1.29, 1.82) is 0 Å². The predicted octanol–water partition coefficient (Wildman–Crippen LogP) is 2.57. The average molecular weight is 303 g/mol. The zero-order chi connectivity index (χ0) is 16.2. The minimum absolute atomic E-state index is 0.155. The van der Waals surface area contributed by atoms with Crippen molar-refractivity contribution in [1.82, 2.24) is 5.32 Å². The molecule has 0 aliphatic carbocycles. The lowest BCUT2D eigenvalue weighted by Crippen LogP contribution is -2.29. The number of carbonyl (C=O) groups excluding carboxylic acids is 1. The molecule has 1 atom stereocenters. The monoisotopic (exact) mass is 303 g/mol. The molecule has 0 saturated carbocycles. The summed E-state index contributed by atoms with van der Waals surface area (Å²) in [5, 5.41) is 5.42. The Hall–Kier alpha value is -1.76. The summed E-state index contributed by atoms with van der Waals surface area (Å²) in [6.45, 7) is 2.15. The average Bonchev–Trinajstić information content (AvgIpc) is 2.37. The highest BCUT2D eigenvalue weighted by atomic mass is 19.4. The largest absolute Gasteiger partial charge is 0.416 e. The van der Waals surface area contributed by atoms with Crippen LogP contribution in [0.2, 0.25) is 0 Å². The maximum Gasteiger partial charge on any atom is 0.416 e. The van der Waals surface area contributed by atoms with Crippen LogP contribution < -0.4 is 15.5 Å². The van der Waals surface area contributed by atoms with Gasteiger partial charge in [0.15, 0.2) is 0 Å². The number of hydrogen-bond acceptors (Lipinski definition) is 3. The van der Waals surface area contributed by atoms with Gasteiger partial charge in [-0.3, -0.25) is 4.79 Å². The fourth-order valence-electron chi connectivity index (χ4n) is 1.86. The summed E-state index contributed by atoms with van der Waals surface area (Å²) in [5.41, 5.74) is -0.111. The Morgan fingerprint density at radius 3 is 2.43 bits per heavy atom. The first-order valence-electron chi connectivity index (χ1n) is 6.50. The molecule has 0 aliphatic heterocycles. The molecule has 0 fully saturated rings. The van der Waals surface area contributed by atoms with Crippen LogP contribution in [-0.4, -0.2) is 33.6 Å². The van der Waals surface area contributed by atoms with Gasteiger partial charge in [-0.2, -0.15) is 13.2 Å². The van der Waals surface area contributed by atoms with Crippen LogP contribution in [0, 0.1) is 5.92 Å². The highest BCUT2D eigenvalue weighted by Gasteiger charge is 2.31. The minimum atomic E-state index is -4.44. The van der Waals surface area contributed by atoms with Crippen molar-refractivity contribution in [3.8, 4) is 0 Å². The summed E-state index contributed by atoms with van der Waals surface area (Å²) in [5.74, 6) is -0.675. The first kappa shape index (κ1) is 17.3. The molecule has 4 nitrogen and oxygen atoms in total. The van der Waals surface area contributed by atoms with Crippen LogP contribution in [0.5, 0.6) is 0 Å². The molecule has 0 spiro atoms. The van der Waals surface area contributed by atoms with E-state index in [9.17, 15) is 18.0 Å². The normalized spacial score (nSPS) is 12.9. The number of carbonyl (C=O) groups is 1. The van der Waals surface area contributed by atoms with Crippen LogP contribution in [0.25, 0.3) is 0 Å². The molecule has 1 amide bonds. The van der Waals surface area contributed by atoms with E-state index in [1.807, 2.05) is 0 Å². The molecule has 1 aromatic rings. The van der Waals surface area contributed by atoms with Gasteiger partial charge < -0.3 is 15.5 Å². The Morgan fingerprint density at radius 1 is 1.33 bits per heavy atom. The van der Waals surface area contributed by atoms with Gasteiger partial charge in [0.05, 0.1) is 16.9 Å². The van der Waals surface area contributed by atoms with Crippen molar-refractivity contribution in [3.05, 3.63) is 23.8 Å². The summed E-state index contributed by atoms with van der Waals surface area (Å²) in [6, 6.07) is 3.31. The highest BCUT2D eigenvalue weighted by Crippen LogP contribution is 2.35. The van der Waals surface area contributed by atoms with E-state index in [1.54, 1.807) is 33.0 Å². The first-order valence-corrected chi connectivity index (χ1v) is 6.50. The summed E-state index contributed by atoms with van der Waals surface area (Å²) < 4.78 is 38.3. The van der Waals surface area contributed by atoms with Gasteiger partial charge >= 0.3 is 6.18 Å². The number of nitrogens with zero attached hydrogens (tertiary/aromatic N) is 1. The lowest BCUT2D eigenvalue weighted by molar-refractivity contribution is -0.137. The van der Waals surface area contributed by atoms with Crippen molar-refractivity contribution >= 4 is 17.3 Å². The molecule has 2 N–H and O–H groups in total. The maximum absolute atomic E-state index is 12.8. The van der Waals surface area contributed by atoms with Gasteiger partial charge in [0.2, 0.25) is 5.91 Å². The van der Waals surface area contributed by atoms with Gasteiger partial charge in [-0.25, -0.2) is 0 Å². The van der Waals surface area contributed by atoms with Crippen molar-refractivity contribution in [3.63, 3.8) is 0 Å². The fourth-order valence-corrected chi connectivity index (χ4v) is 1.86. The van der Waals surface area contributed by atoms with E-state index in [2.05, 4.69) is 10.6 Å². The Kier molecular flexibility index (Phi) is 5.60. The lowest BCUT2D eigenvalue weighted by Gasteiger charge is -2.21. The number of alkyl halides is 3. The van der Waals surface area contributed by atoms with E-state index in [0.717, 1.165) is 12.1 Å². The number of amides is 1. The second kappa shape index (κ2) is 6.80. The van der Waals surface area contributed by atoms with Gasteiger partial charge in [-0.15, -0.1) is 0 Å². The smallest absolute Gasteiger partial charge is 0.376 e. The summed E-state index contributed by atoms with van der Waals surface area (Å²) in [7, 11) is 5.11. The standard InChI is InChI=1S/C14H20F3N3O/c1-9(8-18-2)13(21)19-11-7-10(14(15,16)17)5-6-12(11)20(3)4/h5-7,9,18H,8H2,1-4H3,(H,19,21). The highest BCUT2D eigenvalue weighted by molar-refractivity contribution is 5.95. The van der Waals surface area contributed by atoms with Crippen LogP contribution in [0.15, 0.2) is 18.2 Å². The molecule has 0 aliphatic rings. The molecule has 1 aromatic carbocycles. The Labute approximate surface area is 122 Å². The van der Waals surface area contributed by atoms with Crippen molar-refractivity contribution in [2.24, 2.45) is 5.92 Å². The number of hydrogen-bond donors (Lipinski definition) is 2. The van der Waals surface area contributed by atoms with E-state index in [0.29, 0.717) is 12.2 Å². The third-order valence-electron chi connectivity index (χ3n) is 3.02. The third-order valence-corrected chi connectivity index (χ3v) is 3.02. The van der Waals surface area contributed by atoms with Crippen molar-refractivity contribution in [2.75, 3.05) is 37.9 Å². The molecule has 1 rings (SSSR count). The quantitative estimate of drug-likeness (QED) is 0.879. The predicted molar refractivity (Wildman–Crippen MR) is 77.5 cm³/mol. The summed E-state index contributed by atoms with van der Waals surface area (Å²) >= 11 is 0.